The normalized spacial score (nSPS) is 11.2. The zero-order valence-corrected chi connectivity index (χ0v) is 16.5. The monoisotopic (exact) mass is 451 g/mol. The number of sulfonamides is 1. The molecule has 0 saturated carbocycles. The number of hydrogen-bond acceptors (Lipinski definition) is 5. The van der Waals surface area contributed by atoms with Crippen molar-refractivity contribution >= 4 is 62.1 Å². The highest BCUT2D eigenvalue weighted by Crippen LogP contribution is 2.32. The van der Waals surface area contributed by atoms with E-state index in [9.17, 15) is 23.3 Å². The van der Waals surface area contributed by atoms with Crippen molar-refractivity contribution in [2.45, 2.75) is 11.3 Å². The van der Waals surface area contributed by atoms with Gasteiger partial charge in [0.25, 0.3) is 5.69 Å². The minimum atomic E-state index is -3.91. The Morgan fingerprint density at radius 2 is 1.63 bits per heavy atom. The molecule has 8 nitrogen and oxygen atoms in total. The molecule has 0 aliphatic carbocycles. The van der Waals surface area contributed by atoms with Crippen LogP contribution >= 0.6 is 34.8 Å². The SMILES string of the molecule is O=C(CCNS(=O)(=O)c1ccc([N+](=O)[O-])cc1)Nc1cc(Cl)c(Cl)cc1Cl. The number of amides is 1. The van der Waals surface area contributed by atoms with Gasteiger partial charge in [-0.2, -0.15) is 0 Å². The number of nitrogens with zero attached hydrogens (tertiary/aromatic N) is 1. The molecule has 144 valence electrons. The minimum absolute atomic E-state index is 0.152. The maximum absolute atomic E-state index is 12.1. The van der Waals surface area contributed by atoms with Crippen molar-refractivity contribution < 1.29 is 18.1 Å². The maximum atomic E-state index is 12.1. The maximum Gasteiger partial charge on any atom is 0.269 e. The van der Waals surface area contributed by atoms with Gasteiger partial charge in [0.15, 0.2) is 0 Å². The van der Waals surface area contributed by atoms with Crippen LogP contribution in [0.1, 0.15) is 6.42 Å². The van der Waals surface area contributed by atoms with Crippen molar-refractivity contribution in [3.05, 3.63) is 61.6 Å². The first kappa shape index (κ1) is 21.4. The molecule has 0 aromatic heterocycles. The molecule has 1 amide bonds. The van der Waals surface area contributed by atoms with Crippen molar-refractivity contribution in [2.24, 2.45) is 0 Å². The molecule has 2 N–H and O–H groups in total. The van der Waals surface area contributed by atoms with E-state index in [1.165, 1.54) is 12.1 Å². The second-order valence-electron chi connectivity index (χ2n) is 5.19. The Balaban J connectivity index is 1.94. The number of rotatable bonds is 7. The van der Waals surface area contributed by atoms with E-state index in [1.807, 2.05) is 0 Å². The molecule has 0 radical (unpaired) electrons. The Hall–Kier alpha value is -1.91. The van der Waals surface area contributed by atoms with Gasteiger partial charge in [-0.25, -0.2) is 13.1 Å². The highest BCUT2D eigenvalue weighted by molar-refractivity contribution is 7.89. The predicted octanol–water partition coefficient (Wildman–Crippen LogP) is 3.86. The summed E-state index contributed by atoms with van der Waals surface area (Å²) in [6, 6.07) is 7.12. The summed E-state index contributed by atoms with van der Waals surface area (Å²) in [5.74, 6) is -0.498. The van der Waals surface area contributed by atoms with E-state index < -0.39 is 20.9 Å². The third kappa shape index (κ3) is 5.78. The molecule has 27 heavy (non-hydrogen) atoms. The number of benzene rings is 2. The van der Waals surface area contributed by atoms with Gasteiger partial charge in [0.2, 0.25) is 15.9 Å². The summed E-state index contributed by atoms with van der Waals surface area (Å²) in [5.41, 5.74) is 0.0149. The summed E-state index contributed by atoms with van der Waals surface area (Å²) in [7, 11) is -3.91. The molecule has 0 aliphatic rings. The van der Waals surface area contributed by atoms with Crippen LogP contribution in [0.4, 0.5) is 11.4 Å². The van der Waals surface area contributed by atoms with E-state index in [2.05, 4.69) is 10.0 Å². The number of anilines is 1. The van der Waals surface area contributed by atoms with Crippen LogP contribution in [0.15, 0.2) is 41.3 Å². The van der Waals surface area contributed by atoms with Gasteiger partial charge in [0, 0.05) is 25.1 Å². The summed E-state index contributed by atoms with van der Waals surface area (Å²) >= 11 is 17.6. The lowest BCUT2D eigenvalue weighted by atomic mass is 10.3. The van der Waals surface area contributed by atoms with Crippen LogP contribution in [0.2, 0.25) is 15.1 Å². The molecule has 2 aromatic carbocycles. The Kier molecular flexibility index (Phi) is 7.01. The third-order valence-corrected chi connectivity index (χ3v) is 5.80. The van der Waals surface area contributed by atoms with Gasteiger partial charge in [0.1, 0.15) is 0 Å². The number of carbonyl (C=O) groups is 1. The highest BCUT2D eigenvalue weighted by atomic mass is 35.5. The van der Waals surface area contributed by atoms with Gasteiger partial charge in [0.05, 0.1) is 30.6 Å². The molecule has 2 rings (SSSR count). The van der Waals surface area contributed by atoms with Crippen LogP contribution in [-0.4, -0.2) is 25.8 Å². The van der Waals surface area contributed by atoms with E-state index in [1.54, 1.807) is 0 Å². The molecule has 0 unspecified atom stereocenters. The topological polar surface area (TPSA) is 118 Å². The Morgan fingerprint density at radius 3 is 2.22 bits per heavy atom. The average Bonchev–Trinajstić information content (AvgIpc) is 2.59. The van der Waals surface area contributed by atoms with Gasteiger partial charge in [-0.05, 0) is 24.3 Å². The number of carbonyl (C=O) groups excluding carboxylic acids is 1. The number of non-ortho nitro benzene ring substituents is 1. The number of nitro benzene ring substituents is 1. The number of nitro groups is 1. The van der Waals surface area contributed by atoms with Crippen LogP contribution < -0.4 is 10.0 Å². The van der Waals surface area contributed by atoms with Crippen LogP contribution in [0, 0.1) is 10.1 Å². The summed E-state index contributed by atoms with van der Waals surface area (Å²) in [4.78, 5) is 21.8. The summed E-state index contributed by atoms with van der Waals surface area (Å²) in [6.45, 7) is -0.190. The molecule has 0 bridgehead atoms. The van der Waals surface area contributed by atoms with Crippen molar-refractivity contribution in [1.82, 2.24) is 4.72 Å². The fraction of sp³-hybridized carbons (Fsp3) is 0.133. The molecule has 2 aromatic rings. The van der Waals surface area contributed by atoms with Crippen molar-refractivity contribution in [3.63, 3.8) is 0 Å². The van der Waals surface area contributed by atoms with Crippen LogP contribution in [0.25, 0.3) is 0 Å². The molecule has 0 aliphatic heterocycles. The lowest BCUT2D eigenvalue weighted by Crippen LogP contribution is -2.27. The van der Waals surface area contributed by atoms with E-state index in [0.717, 1.165) is 24.3 Å². The summed E-state index contributed by atoms with van der Waals surface area (Å²) in [5, 5.41) is 13.7. The molecule has 0 fully saturated rings. The van der Waals surface area contributed by atoms with E-state index in [0.29, 0.717) is 0 Å². The van der Waals surface area contributed by atoms with E-state index >= 15 is 0 Å². The standard InChI is InChI=1S/C15H12Cl3N3O5S/c16-11-7-13(18)14(8-12(11)17)20-15(22)5-6-19-27(25,26)10-3-1-9(2-4-10)21(23)24/h1-4,7-8,19H,5-6H2,(H,20,22). The smallest absolute Gasteiger partial charge is 0.269 e. The van der Waals surface area contributed by atoms with Crippen molar-refractivity contribution in [2.75, 3.05) is 11.9 Å². The average molecular weight is 453 g/mol. The fourth-order valence-corrected chi connectivity index (χ4v) is 3.59. The lowest BCUT2D eigenvalue weighted by Gasteiger charge is -2.10. The second kappa shape index (κ2) is 8.85. The Labute approximate surface area is 169 Å². The predicted molar refractivity (Wildman–Crippen MR) is 103 cm³/mol. The van der Waals surface area contributed by atoms with E-state index in [-0.39, 0.29) is 44.3 Å². The van der Waals surface area contributed by atoms with Crippen molar-refractivity contribution in [1.29, 1.82) is 0 Å². The Bertz CT molecular complexity index is 981. The number of hydrogen-bond donors (Lipinski definition) is 2. The molecular weight excluding hydrogens is 441 g/mol. The first-order chi connectivity index (χ1) is 12.6. The van der Waals surface area contributed by atoms with E-state index in [4.69, 9.17) is 34.8 Å². The molecule has 0 heterocycles. The third-order valence-electron chi connectivity index (χ3n) is 3.29. The number of nitrogens with one attached hydrogen (secondary N) is 2. The molecule has 12 heteroatoms. The van der Waals surface area contributed by atoms with Gasteiger partial charge in [-0.1, -0.05) is 34.8 Å². The highest BCUT2D eigenvalue weighted by Gasteiger charge is 2.16. The first-order valence-corrected chi connectivity index (χ1v) is 9.90. The van der Waals surface area contributed by atoms with Gasteiger partial charge < -0.3 is 5.32 Å². The molecule has 0 atom stereocenters. The van der Waals surface area contributed by atoms with Crippen molar-refractivity contribution in [3.8, 4) is 0 Å². The fourth-order valence-electron chi connectivity index (χ4n) is 1.96. The Morgan fingerprint density at radius 1 is 1.04 bits per heavy atom. The zero-order chi connectivity index (χ0) is 20.2. The van der Waals surface area contributed by atoms with Gasteiger partial charge in [-0.3, -0.25) is 14.9 Å². The molecular formula is C15H12Cl3N3O5S. The molecule has 0 spiro atoms. The quantitative estimate of drug-likeness (QED) is 0.375. The zero-order valence-electron chi connectivity index (χ0n) is 13.4. The van der Waals surface area contributed by atoms with Crippen LogP contribution in [0.5, 0.6) is 0 Å². The second-order valence-corrected chi connectivity index (χ2v) is 8.18. The largest absolute Gasteiger partial charge is 0.325 e. The lowest BCUT2D eigenvalue weighted by molar-refractivity contribution is -0.384. The molecule has 0 saturated heterocycles. The summed E-state index contributed by atoms with van der Waals surface area (Å²) < 4.78 is 26.5. The van der Waals surface area contributed by atoms with Gasteiger partial charge in [-0.15, -0.1) is 0 Å². The minimum Gasteiger partial charge on any atom is -0.325 e. The number of halogens is 3. The van der Waals surface area contributed by atoms with Crippen LogP contribution in [-0.2, 0) is 14.8 Å². The summed E-state index contributed by atoms with van der Waals surface area (Å²) in [6.07, 6.45) is -0.178. The van der Waals surface area contributed by atoms with Crippen LogP contribution in [0.3, 0.4) is 0 Å². The first-order valence-electron chi connectivity index (χ1n) is 7.28. The van der Waals surface area contributed by atoms with Gasteiger partial charge >= 0.3 is 0 Å².